The minimum atomic E-state index is -3.82. The van der Waals surface area contributed by atoms with Crippen LogP contribution in [0.15, 0.2) is 59.1 Å². The van der Waals surface area contributed by atoms with Crippen molar-refractivity contribution >= 4 is 27.3 Å². The van der Waals surface area contributed by atoms with Crippen molar-refractivity contribution < 1.29 is 18.0 Å². The fourth-order valence-electron chi connectivity index (χ4n) is 2.35. The fourth-order valence-corrected chi connectivity index (χ4v) is 4.11. The van der Waals surface area contributed by atoms with Crippen LogP contribution in [0.3, 0.4) is 0 Å². The van der Waals surface area contributed by atoms with Crippen LogP contribution in [0.25, 0.3) is 11.3 Å². The summed E-state index contributed by atoms with van der Waals surface area (Å²) in [5, 5.41) is 5.41. The molecule has 0 bridgehead atoms. The summed E-state index contributed by atoms with van der Waals surface area (Å²) in [5.74, 6) is -0.391. The summed E-state index contributed by atoms with van der Waals surface area (Å²) in [4.78, 5) is 25.6. The van der Waals surface area contributed by atoms with Crippen LogP contribution in [-0.2, 0) is 21.4 Å². The average molecular weight is 419 g/mol. The molecule has 0 aliphatic heterocycles. The normalized spacial score (nSPS) is 11.5. The van der Waals surface area contributed by atoms with Crippen LogP contribution in [0.5, 0.6) is 0 Å². The van der Waals surface area contributed by atoms with E-state index in [0.717, 1.165) is 20.7 Å². The molecule has 0 atom stereocenters. The molecule has 1 amide bonds. The second-order valence-corrected chi connectivity index (χ2v) is 8.55. The number of carbonyl (C=O) groups excluding carboxylic acids is 1. The predicted octanol–water partition coefficient (Wildman–Crippen LogP) is 2.32. The molecular weight excluding hydrogens is 400 g/mol. The number of thiazole rings is 1. The molecule has 1 N–H and O–H groups in total. The van der Waals surface area contributed by atoms with Crippen molar-refractivity contribution in [2.75, 3.05) is 14.2 Å². The summed E-state index contributed by atoms with van der Waals surface area (Å²) in [6, 6.07) is 9.50. The zero-order valence-corrected chi connectivity index (χ0v) is 16.8. The number of aromatic nitrogens is 2. The Labute approximate surface area is 166 Å². The van der Waals surface area contributed by atoms with Gasteiger partial charge in [0.1, 0.15) is 5.01 Å². The number of hydrogen-bond donors (Lipinski definition) is 1. The molecule has 146 valence electrons. The van der Waals surface area contributed by atoms with Crippen LogP contribution in [0.4, 0.5) is 0 Å². The number of nitrogens with one attached hydrogen (secondary N) is 1. The summed E-state index contributed by atoms with van der Waals surface area (Å²) in [6.45, 7) is 0.240. The third-order valence-electron chi connectivity index (χ3n) is 3.92. The van der Waals surface area contributed by atoms with Gasteiger partial charge in [-0.25, -0.2) is 13.4 Å². The van der Waals surface area contributed by atoms with E-state index in [4.69, 9.17) is 4.84 Å². The number of sulfonamides is 1. The molecule has 0 unspecified atom stereocenters. The Hall–Kier alpha value is -2.66. The number of amides is 1. The molecule has 3 aromatic rings. The van der Waals surface area contributed by atoms with Gasteiger partial charge in [0, 0.05) is 35.9 Å². The largest absolute Gasteiger partial charge is 0.346 e. The van der Waals surface area contributed by atoms with Crippen molar-refractivity contribution in [1.82, 2.24) is 19.8 Å². The Morgan fingerprint density at radius 2 is 2.00 bits per heavy atom. The lowest BCUT2D eigenvalue weighted by molar-refractivity contribution is -0.0258. The van der Waals surface area contributed by atoms with Crippen LogP contribution in [0.1, 0.15) is 15.4 Å². The first-order chi connectivity index (χ1) is 13.4. The second-order valence-electron chi connectivity index (χ2n) is 5.67. The van der Waals surface area contributed by atoms with Crippen molar-refractivity contribution in [1.29, 1.82) is 0 Å². The van der Waals surface area contributed by atoms with Gasteiger partial charge in [0.25, 0.3) is 15.9 Å². The minimum absolute atomic E-state index is 0.0290. The van der Waals surface area contributed by atoms with Crippen LogP contribution >= 0.6 is 11.3 Å². The maximum absolute atomic E-state index is 12.4. The Morgan fingerprint density at radius 3 is 2.71 bits per heavy atom. The number of hydrogen-bond acceptors (Lipinski definition) is 7. The monoisotopic (exact) mass is 418 g/mol. The molecule has 0 saturated heterocycles. The lowest BCUT2D eigenvalue weighted by Gasteiger charge is -2.14. The molecule has 0 radical (unpaired) electrons. The highest BCUT2D eigenvalue weighted by atomic mass is 32.2. The van der Waals surface area contributed by atoms with Crippen molar-refractivity contribution in [3.8, 4) is 11.3 Å². The highest BCUT2D eigenvalue weighted by Gasteiger charge is 2.22. The van der Waals surface area contributed by atoms with Crippen LogP contribution in [0, 0.1) is 0 Å². The molecule has 2 aromatic heterocycles. The molecular formula is C18H18N4O4S2. The molecule has 10 heteroatoms. The lowest BCUT2D eigenvalue weighted by Crippen LogP contribution is -2.27. The third kappa shape index (κ3) is 4.42. The Kier molecular flexibility index (Phi) is 6.15. The lowest BCUT2D eigenvalue weighted by atomic mass is 10.2. The number of pyridine rings is 1. The highest BCUT2D eigenvalue weighted by Crippen LogP contribution is 2.21. The van der Waals surface area contributed by atoms with E-state index in [0.29, 0.717) is 0 Å². The summed E-state index contributed by atoms with van der Waals surface area (Å²) in [6.07, 6.45) is 3.39. The van der Waals surface area contributed by atoms with Crippen LogP contribution in [-0.4, -0.2) is 42.9 Å². The number of carbonyl (C=O) groups is 1. The third-order valence-corrected chi connectivity index (χ3v) is 6.44. The second kappa shape index (κ2) is 8.57. The molecule has 28 heavy (non-hydrogen) atoms. The minimum Gasteiger partial charge on any atom is -0.346 e. The molecule has 0 saturated carbocycles. The number of rotatable bonds is 7. The van der Waals surface area contributed by atoms with Gasteiger partial charge in [-0.2, -0.15) is 0 Å². The fraction of sp³-hybridized carbons (Fsp3) is 0.167. The summed E-state index contributed by atoms with van der Waals surface area (Å²) in [7, 11) is -1.29. The SMILES string of the molecule is CON(C)S(=O)(=O)c1cccc(C(=O)NCc2nc(-c3ccncc3)cs2)c1. The van der Waals surface area contributed by atoms with Crippen molar-refractivity contribution in [2.45, 2.75) is 11.4 Å². The molecule has 0 aliphatic rings. The van der Waals surface area contributed by atoms with E-state index in [1.165, 1.54) is 43.7 Å². The number of benzene rings is 1. The van der Waals surface area contributed by atoms with Gasteiger partial charge in [0.05, 0.1) is 24.2 Å². The quantitative estimate of drug-likeness (QED) is 0.591. The van der Waals surface area contributed by atoms with Gasteiger partial charge in [0.15, 0.2) is 0 Å². The van der Waals surface area contributed by atoms with E-state index in [9.17, 15) is 13.2 Å². The summed E-state index contributed by atoms with van der Waals surface area (Å²) >= 11 is 1.43. The van der Waals surface area contributed by atoms with Gasteiger partial charge < -0.3 is 5.32 Å². The average Bonchev–Trinajstić information content (AvgIpc) is 3.21. The maximum Gasteiger partial charge on any atom is 0.264 e. The molecule has 2 heterocycles. The molecule has 0 fully saturated rings. The zero-order chi connectivity index (χ0) is 20.1. The predicted molar refractivity (Wildman–Crippen MR) is 105 cm³/mol. The van der Waals surface area contributed by atoms with E-state index in [-0.39, 0.29) is 17.0 Å². The van der Waals surface area contributed by atoms with Crippen molar-refractivity contribution in [3.63, 3.8) is 0 Å². The Balaban J connectivity index is 1.69. The summed E-state index contributed by atoms with van der Waals surface area (Å²) < 4.78 is 25.4. The van der Waals surface area contributed by atoms with Gasteiger partial charge in [-0.05, 0) is 30.3 Å². The van der Waals surface area contributed by atoms with Gasteiger partial charge in [-0.15, -0.1) is 11.3 Å². The number of hydroxylamine groups is 1. The van der Waals surface area contributed by atoms with E-state index >= 15 is 0 Å². The summed E-state index contributed by atoms with van der Waals surface area (Å²) in [5.41, 5.74) is 1.99. The Morgan fingerprint density at radius 1 is 1.25 bits per heavy atom. The first-order valence-electron chi connectivity index (χ1n) is 8.18. The molecule has 0 aliphatic carbocycles. The molecule has 8 nitrogen and oxygen atoms in total. The molecule has 3 rings (SSSR count). The smallest absolute Gasteiger partial charge is 0.264 e. The van der Waals surface area contributed by atoms with E-state index in [1.807, 2.05) is 17.5 Å². The topological polar surface area (TPSA) is 101 Å². The van der Waals surface area contributed by atoms with Gasteiger partial charge in [0.2, 0.25) is 0 Å². The van der Waals surface area contributed by atoms with E-state index < -0.39 is 15.9 Å². The van der Waals surface area contributed by atoms with Crippen LogP contribution < -0.4 is 5.32 Å². The number of nitrogens with zero attached hydrogens (tertiary/aromatic N) is 3. The van der Waals surface area contributed by atoms with Gasteiger partial charge in [-0.3, -0.25) is 14.6 Å². The highest BCUT2D eigenvalue weighted by molar-refractivity contribution is 7.89. The van der Waals surface area contributed by atoms with Crippen molar-refractivity contribution in [2.24, 2.45) is 0 Å². The first-order valence-corrected chi connectivity index (χ1v) is 10.5. The first kappa shape index (κ1) is 20.1. The molecule has 1 aromatic carbocycles. The van der Waals surface area contributed by atoms with Crippen molar-refractivity contribution in [3.05, 3.63) is 64.7 Å². The van der Waals surface area contributed by atoms with Gasteiger partial charge in [-0.1, -0.05) is 10.5 Å². The van der Waals surface area contributed by atoms with E-state index in [1.54, 1.807) is 18.5 Å². The maximum atomic E-state index is 12.4. The molecule has 0 spiro atoms. The van der Waals surface area contributed by atoms with Crippen LogP contribution in [0.2, 0.25) is 0 Å². The standard InChI is InChI=1S/C18H18N4O4S2/c1-22(26-2)28(24,25)15-5-3-4-14(10-15)18(23)20-11-17-21-16(12-27-17)13-6-8-19-9-7-13/h3-10,12H,11H2,1-2H3,(H,20,23). The van der Waals surface area contributed by atoms with E-state index in [2.05, 4.69) is 15.3 Å². The van der Waals surface area contributed by atoms with Gasteiger partial charge >= 0.3 is 0 Å². The Bertz CT molecular complexity index is 1070. The zero-order valence-electron chi connectivity index (χ0n) is 15.2.